The van der Waals surface area contributed by atoms with Crippen LogP contribution in [0.5, 0.6) is 0 Å². The molecule has 0 aliphatic carbocycles. The highest BCUT2D eigenvalue weighted by molar-refractivity contribution is 7.81. The highest BCUT2D eigenvalue weighted by Gasteiger charge is 2.01. The van der Waals surface area contributed by atoms with E-state index < -0.39 is 0 Å². The lowest BCUT2D eigenvalue weighted by Crippen LogP contribution is -2.10. The van der Waals surface area contributed by atoms with Crippen molar-refractivity contribution in [1.82, 2.24) is 0 Å². The van der Waals surface area contributed by atoms with Crippen molar-refractivity contribution < 1.29 is 4.79 Å². The number of carbonyl (C=O) groups is 1. The molecule has 0 fully saturated rings. The predicted octanol–water partition coefficient (Wildman–Crippen LogP) is 1.65. The van der Waals surface area contributed by atoms with Crippen LogP contribution in [0.3, 0.4) is 0 Å². The summed E-state index contributed by atoms with van der Waals surface area (Å²) in [6.45, 7) is 0. The van der Waals surface area contributed by atoms with Gasteiger partial charge in [-0.25, -0.2) is 0 Å². The second-order valence-electron chi connectivity index (χ2n) is 2.88. The molecule has 2 N–H and O–H groups in total. The fourth-order valence-electron chi connectivity index (χ4n) is 0.973. The third-order valence-electron chi connectivity index (χ3n) is 1.67. The first-order valence-corrected chi connectivity index (χ1v) is 5.39. The molecule has 0 rings (SSSR count). The maximum absolute atomic E-state index is 10.4. The van der Waals surface area contributed by atoms with E-state index in [1.54, 1.807) is 0 Å². The summed E-state index contributed by atoms with van der Waals surface area (Å²) in [4.78, 5) is 10.4. The summed E-state index contributed by atoms with van der Waals surface area (Å²) in [6, 6.07) is 0. The zero-order valence-corrected chi connectivity index (χ0v) is 8.99. The van der Waals surface area contributed by atoms with Crippen LogP contribution in [0, 0.1) is 0 Å². The molecule has 4 heteroatoms. The first kappa shape index (κ1) is 12.2. The Morgan fingerprint density at radius 3 is 2.50 bits per heavy atom. The standard InChI is InChI=1S/C8H17NOS2/c9-8(10)4-2-1-3-7(12)5-6-11/h7,11-12H,1-6H2,(H2,9,10). The van der Waals surface area contributed by atoms with Crippen molar-refractivity contribution in [3.8, 4) is 0 Å². The van der Waals surface area contributed by atoms with Gasteiger partial charge in [-0.3, -0.25) is 4.79 Å². The maximum atomic E-state index is 10.4. The van der Waals surface area contributed by atoms with Crippen molar-refractivity contribution in [2.75, 3.05) is 5.75 Å². The number of amides is 1. The molecule has 0 aliphatic heterocycles. The summed E-state index contributed by atoms with van der Waals surface area (Å²) in [5.41, 5.74) is 5.00. The minimum Gasteiger partial charge on any atom is -0.370 e. The minimum absolute atomic E-state index is 0.208. The van der Waals surface area contributed by atoms with Gasteiger partial charge in [-0.1, -0.05) is 6.42 Å². The van der Waals surface area contributed by atoms with Gasteiger partial charge in [0.2, 0.25) is 5.91 Å². The predicted molar refractivity (Wildman–Crippen MR) is 58.9 cm³/mol. The van der Waals surface area contributed by atoms with Gasteiger partial charge in [-0.15, -0.1) is 0 Å². The summed E-state index contributed by atoms with van der Waals surface area (Å²) < 4.78 is 0. The van der Waals surface area contributed by atoms with Gasteiger partial charge in [0.15, 0.2) is 0 Å². The van der Waals surface area contributed by atoms with Crippen LogP contribution < -0.4 is 5.73 Å². The van der Waals surface area contributed by atoms with Crippen LogP contribution in [0.2, 0.25) is 0 Å². The Kier molecular flexibility index (Phi) is 7.91. The molecule has 0 bridgehead atoms. The van der Waals surface area contributed by atoms with Crippen LogP contribution >= 0.6 is 25.3 Å². The van der Waals surface area contributed by atoms with Gasteiger partial charge in [-0.05, 0) is 25.0 Å². The number of hydrogen-bond donors (Lipinski definition) is 3. The number of carbonyl (C=O) groups excluding carboxylic acids is 1. The monoisotopic (exact) mass is 207 g/mol. The average Bonchev–Trinajstić information content (AvgIpc) is 1.98. The molecule has 1 atom stereocenters. The second-order valence-corrected chi connectivity index (χ2v) is 4.06. The van der Waals surface area contributed by atoms with E-state index in [1.807, 2.05) is 0 Å². The zero-order valence-electron chi connectivity index (χ0n) is 7.20. The van der Waals surface area contributed by atoms with Crippen LogP contribution in [0.25, 0.3) is 0 Å². The lowest BCUT2D eigenvalue weighted by molar-refractivity contribution is -0.118. The number of rotatable bonds is 7. The Bertz CT molecular complexity index is 130. The number of nitrogens with two attached hydrogens (primary N) is 1. The van der Waals surface area contributed by atoms with Crippen molar-refractivity contribution in [2.45, 2.75) is 37.4 Å². The molecule has 1 unspecified atom stereocenters. The Morgan fingerprint density at radius 2 is 2.00 bits per heavy atom. The summed E-state index contributed by atoms with van der Waals surface area (Å²) in [7, 11) is 0. The third-order valence-corrected chi connectivity index (χ3v) is 2.45. The molecule has 0 spiro atoms. The van der Waals surface area contributed by atoms with Gasteiger partial charge in [-0.2, -0.15) is 25.3 Å². The number of unbranched alkanes of at least 4 members (excludes halogenated alkanes) is 1. The molecule has 0 aromatic heterocycles. The maximum Gasteiger partial charge on any atom is 0.217 e. The minimum atomic E-state index is -0.208. The molecule has 0 saturated carbocycles. The largest absolute Gasteiger partial charge is 0.370 e. The highest BCUT2D eigenvalue weighted by atomic mass is 32.1. The first-order valence-electron chi connectivity index (χ1n) is 4.24. The highest BCUT2D eigenvalue weighted by Crippen LogP contribution is 2.12. The van der Waals surface area contributed by atoms with Crippen LogP contribution in [0.15, 0.2) is 0 Å². The Morgan fingerprint density at radius 1 is 1.33 bits per heavy atom. The molecule has 0 aromatic carbocycles. The third kappa shape index (κ3) is 8.27. The van der Waals surface area contributed by atoms with Crippen LogP contribution in [-0.2, 0) is 4.79 Å². The van der Waals surface area contributed by atoms with Crippen LogP contribution in [0.1, 0.15) is 32.1 Å². The molecule has 0 radical (unpaired) electrons. The first-order chi connectivity index (χ1) is 5.66. The quantitative estimate of drug-likeness (QED) is 0.431. The summed E-state index contributed by atoms with van der Waals surface area (Å²) in [5.74, 6) is 0.671. The number of hydrogen-bond acceptors (Lipinski definition) is 3. The van der Waals surface area contributed by atoms with Crippen LogP contribution in [-0.4, -0.2) is 16.9 Å². The molecule has 72 valence electrons. The van der Waals surface area contributed by atoms with Gasteiger partial charge in [0.25, 0.3) is 0 Å². The van der Waals surface area contributed by atoms with Crippen molar-refractivity contribution in [1.29, 1.82) is 0 Å². The van der Waals surface area contributed by atoms with Crippen molar-refractivity contribution in [3.63, 3.8) is 0 Å². The second kappa shape index (κ2) is 7.80. The van der Waals surface area contributed by atoms with E-state index in [0.717, 1.165) is 31.4 Å². The van der Waals surface area contributed by atoms with Gasteiger partial charge >= 0.3 is 0 Å². The average molecular weight is 207 g/mol. The fourth-order valence-corrected chi connectivity index (χ4v) is 1.80. The van der Waals surface area contributed by atoms with E-state index in [0.29, 0.717) is 11.7 Å². The molecule has 2 nitrogen and oxygen atoms in total. The normalized spacial score (nSPS) is 12.8. The molecule has 0 aliphatic rings. The molecular formula is C8H17NOS2. The molecular weight excluding hydrogens is 190 g/mol. The lowest BCUT2D eigenvalue weighted by atomic mass is 10.1. The molecule has 0 heterocycles. The van der Waals surface area contributed by atoms with E-state index in [1.165, 1.54) is 0 Å². The van der Waals surface area contributed by atoms with E-state index in [2.05, 4.69) is 25.3 Å². The summed E-state index contributed by atoms with van der Waals surface area (Å²) in [5, 5.41) is 0.426. The van der Waals surface area contributed by atoms with Gasteiger partial charge < -0.3 is 5.73 Å². The number of thiol groups is 2. The molecule has 12 heavy (non-hydrogen) atoms. The SMILES string of the molecule is NC(=O)CCCCC(S)CCS. The van der Waals surface area contributed by atoms with Gasteiger partial charge in [0, 0.05) is 11.7 Å². The van der Waals surface area contributed by atoms with Crippen molar-refractivity contribution in [3.05, 3.63) is 0 Å². The van der Waals surface area contributed by atoms with Crippen LogP contribution in [0.4, 0.5) is 0 Å². The molecule has 1 amide bonds. The topological polar surface area (TPSA) is 43.1 Å². The van der Waals surface area contributed by atoms with E-state index >= 15 is 0 Å². The smallest absolute Gasteiger partial charge is 0.217 e. The molecule has 0 aromatic rings. The van der Waals surface area contributed by atoms with E-state index in [4.69, 9.17) is 5.73 Å². The summed E-state index contributed by atoms with van der Waals surface area (Å²) >= 11 is 8.48. The Labute approximate surface area is 85.1 Å². The van der Waals surface area contributed by atoms with Gasteiger partial charge in [0.1, 0.15) is 0 Å². The number of primary amides is 1. The summed E-state index contributed by atoms with van der Waals surface area (Å²) in [6.07, 6.45) is 4.50. The Balaban J connectivity index is 3.13. The zero-order chi connectivity index (χ0) is 9.40. The molecule has 0 saturated heterocycles. The van der Waals surface area contributed by atoms with Crippen molar-refractivity contribution in [2.24, 2.45) is 5.73 Å². The lowest BCUT2D eigenvalue weighted by Gasteiger charge is -2.07. The van der Waals surface area contributed by atoms with Gasteiger partial charge in [0.05, 0.1) is 0 Å². The fraction of sp³-hybridized carbons (Fsp3) is 0.875. The van der Waals surface area contributed by atoms with E-state index in [-0.39, 0.29) is 5.91 Å². The van der Waals surface area contributed by atoms with E-state index in [9.17, 15) is 4.79 Å². The van der Waals surface area contributed by atoms with Crippen molar-refractivity contribution >= 4 is 31.2 Å². The Hall–Kier alpha value is 0.170.